The third kappa shape index (κ3) is 2.97. The first-order chi connectivity index (χ1) is 7.08. The number of carbonyl (C=O) groups excluding carboxylic acids is 1. The van der Waals surface area contributed by atoms with Crippen LogP contribution in [0.5, 0.6) is 0 Å². The van der Waals surface area contributed by atoms with Crippen molar-refractivity contribution in [2.75, 3.05) is 5.32 Å². The highest BCUT2D eigenvalue weighted by molar-refractivity contribution is 7.83. The molecule has 15 heavy (non-hydrogen) atoms. The van der Waals surface area contributed by atoms with Crippen LogP contribution in [0.15, 0.2) is 5.41 Å². The van der Waals surface area contributed by atoms with Crippen molar-refractivity contribution in [2.24, 2.45) is 5.73 Å². The van der Waals surface area contributed by atoms with Crippen LogP contribution in [0.4, 0.5) is 5.13 Å². The van der Waals surface area contributed by atoms with E-state index in [0.717, 1.165) is 10.6 Å². The fraction of sp³-hybridized carbons (Fsp3) is 0.333. The Morgan fingerprint density at radius 1 is 1.73 bits per heavy atom. The van der Waals surface area contributed by atoms with Gasteiger partial charge in [0.15, 0.2) is 5.13 Å². The van der Waals surface area contributed by atoms with Gasteiger partial charge in [0.25, 0.3) is 0 Å². The molecule has 1 aromatic rings. The van der Waals surface area contributed by atoms with E-state index in [4.69, 9.17) is 5.73 Å². The minimum Gasteiger partial charge on any atom is -0.397 e. The summed E-state index contributed by atoms with van der Waals surface area (Å²) in [6.07, 6.45) is 0.436. The second-order valence-corrected chi connectivity index (χ2v) is 4.18. The maximum atomic E-state index is 11.1. The van der Waals surface area contributed by atoms with E-state index in [2.05, 4.69) is 22.9 Å². The number of nitrogens with one attached hydrogen (secondary N) is 1. The number of hydrogen-bond acceptors (Lipinski definition) is 5. The smallest absolute Gasteiger partial charge is 0.225 e. The van der Waals surface area contributed by atoms with Crippen LogP contribution in [0, 0.1) is 6.92 Å². The molecule has 0 aliphatic rings. The first-order valence-electron chi connectivity index (χ1n) is 4.46. The number of amides is 1. The Bertz CT molecular complexity index is 398. The van der Waals surface area contributed by atoms with E-state index < -0.39 is 0 Å². The molecule has 0 aliphatic heterocycles. The molecule has 3 N–H and O–H groups in total. The molecule has 4 nitrogen and oxygen atoms in total. The summed E-state index contributed by atoms with van der Waals surface area (Å²) in [6, 6.07) is 0. The molecule has 0 aliphatic carbocycles. The van der Waals surface area contributed by atoms with Crippen molar-refractivity contribution in [2.45, 2.75) is 20.3 Å². The van der Waals surface area contributed by atoms with E-state index in [1.807, 2.05) is 6.92 Å². The lowest BCUT2D eigenvalue weighted by molar-refractivity contribution is -0.115. The van der Waals surface area contributed by atoms with Gasteiger partial charge in [-0.3, -0.25) is 4.79 Å². The number of hydrogen-bond donors (Lipinski definition) is 3. The van der Waals surface area contributed by atoms with E-state index in [1.54, 1.807) is 6.92 Å². The Balaban J connectivity index is 2.91. The average Bonchev–Trinajstić information content (AvgIpc) is 2.58. The summed E-state index contributed by atoms with van der Waals surface area (Å²) in [5, 5.41) is 4.79. The molecule has 1 amide bonds. The van der Waals surface area contributed by atoms with Crippen molar-refractivity contribution in [3.8, 4) is 0 Å². The fourth-order valence-electron chi connectivity index (χ4n) is 0.984. The van der Waals surface area contributed by atoms with E-state index in [1.165, 1.54) is 16.7 Å². The van der Waals surface area contributed by atoms with Crippen LogP contribution in [-0.4, -0.2) is 10.9 Å². The molecule has 6 heteroatoms. The van der Waals surface area contributed by atoms with Gasteiger partial charge in [0, 0.05) is 6.42 Å². The quantitative estimate of drug-likeness (QED) is 0.711. The summed E-state index contributed by atoms with van der Waals surface area (Å²) in [7, 11) is 0. The lowest BCUT2D eigenvalue weighted by Crippen LogP contribution is -2.08. The molecular formula is C9H13N3OS2. The van der Waals surface area contributed by atoms with E-state index in [0.29, 0.717) is 17.2 Å². The Morgan fingerprint density at radius 3 is 2.93 bits per heavy atom. The predicted molar refractivity (Wildman–Crippen MR) is 66.9 cm³/mol. The van der Waals surface area contributed by atoms with Crippen LogP contribution in [0.3, 0.4) is 0 Å². The molecule has 0 aromatic carbocycles. The van der Waals surface area contributed by atoms with E-state index >= 15 is 0 Å². The number of aryl methyl sites for hydroxylation is 1. The number of nitrogens with zero attached hydrogens (tertiary/aromatic N) is 1. The molecule has 1 aromatic heterocycles. The normalized spacial score (nSPS) is 11.5. The predicted octanol–water partition coefficient (Wildman–Crippen LogP) is 1.99. The second-order valence-electron chi connectivity index (χ2n) is 2.92. The van der Waals surface area contributed by atoms with Gasteiger partial charge < -0.3 is 11.1 Å². The topological polar surface area (TPSA) is 68.0 Å². The maximum absolute atomic E-state index is 11.1. The van der Waals surface area contributed by atoms with E-state index in [-0.39, 0.29) is 5.91 Å². The van der Waals surface area contributed by atoms with Gasteiger partial charge in [-0.1, -0.05) is 18.3 Å². The second kappa shape index (κ2) is 5.18. The third-order valence-corrected chi connectivity index (χ3v) is 3.17. The molecular weight excluding hydrogens is 230 g/mol. The van der Waals surface area contributed by atoms with Gasteiger partial charge in [0.2, 0.25) is 5.91 Å². The zero-order chi connectivity index (χ0) is 11.4. The summed E-state index contributed by atoms with van der Waals surface area (Å²) in [5.74, 6) is -0.0521. The molecule has 0 bridgehead atoms. The summed E-state index contributed by atoms with van der Waals surface area (Å²) in [6.45, 7) is 3.64. The zero-order valence-corrected chi connectivity index (χ0v) is 10.3. The standard InChI is InChI=1S/C9H13N3OS2/c1-3-7(13)12-9-11-5(2)8(15-9)6(10)4-14/h4,14H,3,10H2,1-2H3,(H,11,12,13)/b6-4-. The van der Waals surface area contributed by atoms with Gasteiger partial charge in [-0.25, -0.2) is 4.98 Å². The molecule has 0 fully saturated rings. The Hall–Kier alpha value is -1.01. The van der Waals surface area contributed by atoms with Crippen LogP contribution < -0.4 is 11.1 Å². The Morgan fingerprint density at radius 2 is 2.40 bits per heavy atom. The minimum atomic E-state index is -0.0521. The first-order valence-corrected chi connectivity index (χ1v) is 5.79. The molecule has 0 unspecified atom stereocenters. The molecule has 0 atom stereocenters. The molecule has 1 heterocycles. The van der Waals surface area contributed by atoms with Crippen molar-refractivity contribution in [3.63, 3.8) is 0 Å². The Labute approximate surface area is 98.0 Å². The van der Waals surface area contributed by atoms with Crippen molar-refractivity contribution >= 4 is 40.7 Å². The lowest BCUT2D eigenvalue weighted by Gasteiger charge is -1.96. The number of nitrogens with two attached hydrogens (primary N) is 1. The highest BCUT2D eigenvalue weighted by Gasteiger charge is 2.10. The van der Waals surface area contributed by atoms with Gasteiger partial charge in [0.05, 0.1) is 16.3 Å². The van der Waals surface area contributed by atoms with Gasteiger partial charge in [-0.2, -0.15) is 0 Å². The van der Waals surface area contributed by atoms with Crippen LogP contribution >= 0.6 is 24.0 Å². The van der Waals surface area contributed by atoms with Crippen molar-refractivity contribution < 1.29 is 4.79 Å². The Kier molecular flexibility index (Phi) is 4.16. The molecule has 0 saturated heterocycles. The number of rotatable bonds is 3. The SMILES string of the molecule is CCC(=O)Nc1nc(C)c(/C(N)=C/S)s1. The van der Waals surface area contributed by atoms with E-state index in [9.17, 15) is 4.79 Å². The number of anilines is 1. The monoisotopic (exact) mass is 243 g/mol. The van der Waals surface area contributed by atoms with Crippen LogP contribution in [-0.2, 0) is 4.79 Å². The maximum Gasteiger partial charge on any atom is 0.225 e. The van der Waals surface area contributed by atoms with Gasteiger partial charge in [-0.05, 0) is 12.3 Å². The van der Waals surface area contributed by atoms with Crippen LogP contribution in [0.1, 0.15) is 23.9 Å². The van der Waals surface area contributed by atoms with Crippen LogP contribution in [0.25, 0.3) is 5.70 Å². The summed E-state index contributed by atoms with van der Waals surface area (Å²) < 4.78 is 0. The van der Waals surface area contributed by atoms with Gasteiger partial charge in [-0.15, -0.1) is 12.6 Å². The molecule has 1 rings (SSSR count). The molecule has 0 radical (unpaired) electrons. The first kappa shape index (κ1) is 12.1. The van der Waals surface area contributed by atoms with Crippen molar-refractivity contribution in [3.05, 3.63) is 16.0 Å². The largest absolute Gasteiger partial charge is 0.397 e. The minimum absolute atomic E-state index is 0.0521. The summed E-state index contributed by atoms with van der Waals surface area (Å²) in [4.78, 5) is 16.2. The lowest BCUT2D eigenvalue weighted by atomic mass is 10.3. The highest BCUT2D eigenvalue weighted by Crippen LogP contribution is 2.26. The summed E-state index contributed by atoms with van der Waals surface area (Å²) >= 11 is 5.33. The fourth-order valence-corrected chi connectivity index (χ4v) is 2.11. The molecule has 0 spiro atoms. The van der Waals surface area contributed by atoms with Crippen molar-refractivity contribution in [1.82, 2.24) is 4.98 Å². The molecule has 0 saturated carbocycles. The third-order valence-electron chi connectivity index (χ3n) is 1.77. The molecule has 82 valence electrons. The van der Waals surface area contributed by atoms with Gasteiger partial charge in [0.1, 0.15) is 0 Å². The number of thiazole rings is 1. The highest BCUT2D eigenvalue weighted by atomic mass is 32.1. The number of thiol groups is 1. The van der Waals surface area contributed by atoms with Crippen LogP contribution in [0.2, 0.25) is 0 Å². The number of carbonyl (C=O) groups is 1. The zero-order valence-electron chi connectivity index (χ0n) is 8.57. The number of aromatic nitrogens is 1. The van der Waals surface area contributed by atoms with Crippen molar-refractivity contribution in [1.29, 1.82) is 0 Å². The summed E-state index contributed by atoms with van der Waals surface area (Å²) in [5.41, 5.74) is 7.07. The van der Waals surface area contributed by atoms with Gasteiger partial charge >= 0.3 is 0 Å². The average molecular weight is 243 g/mol.